The van der Waals surface area contributed by atoms with E-state index < -0.39 is 0 Å². The molecule has 1 heterocycles. The van der Waals surface area contributed by atoms with Gasteiger partial charge >= 0.3 is 0 Å². The van der Waals surface area contributed by atoms with Crippen LogP contribution in [0.3, 0.4) is 0 Å². The second-order valence-electron chi connectivity index (χ2n) is 3.61. The smallest absolute Gasteiger partial charge is 0.136 e. The molecule has 0 fully saturated rings. The lowest BCUT2D eigenvalue weighted by molar-refractivity contribution is 1.08. The van der Waals surface area contributed by atoms with Gasteiger partial charge in [0, 0.05) is 35.5 Å². The molecule has 0 aliphatic heterocycles. The van der Waals surface area contributed by atoms with Crippen molar-refractivity contribution in [3.63, 3.8) is 0 Å². The molecule has 2 nitrogen and oxygen atoms in total. The number of rotatable bonds is 1. The van der Waals surface area contributed by atoms with E-state index in [0.29, 0.717) is 10.0 Å². The molecule has 0 saturated carbocycles. The molecule has 84 valence electrons. The number of aromatic nitrogens is 1. The van der Waals surface area contributed by atoms with Gasteiger partial charge in [0.25, 0.3) is 0 Å². The van der Waals surface area contributed by atoms with Gasteiger partial charge < -0.3 is 4.90 Å². The van der Waals surface area contributed by atoms with Crippen molar-refractivity contribution in [1.82, 2.24) is 4.98 Å². The minimum absolute atomic E-state index is 0.547. The predicted octanol–water partition coefficient (Wildman–Crippen LogP) is 4.37. The van der Waals surface area contributed by atoms with Crippen molar-refractivity contribution in [1.29, 1.82) is 0 Å². The number of pyridine rings is 1. The van der Waals surface area contributed by atoms with Crippen molar-refractivity contribution >= 4 is 55.7 Å². The summed E-state index contributed by atoms with van der Waals surface area (Å²) in [6, 6.07) is 3.71. The van der Waals surface area contributed by atoms with E-state index in [2.05, 4.69) is 20.9 Å². The number of nitrogens with zero attached hydrogens (tertiary/aromatic N) is 2. The molecule has 0 N–H and O–H groups in total. The molecule has 1 aromatic heterocycles. The van der Waals surface area contributed by atoms with E-state index in [1.54, 1.807) is 12.3 Å². The second-order valence-corrected chi connectivity index (χ2v) is 5.25. The Morgan fingerprint density at radius 3 is 2.56 bits per heavy atom. The fourth-order valence-electron chi connectivity index (χ4n) is 1.58. The zero-order chi connectivity index (χ0) is 11.9. The molecular formula is C11H9BrCl2N2. The predicted molar refractivity (Wildman–Crippen MR) is 73.8 cm³/mol. The first kappa shape index (κ1) is 12.0. The van der Waals surface area contributed by atoms with Gasteiger partial charge in [-0.15, -0.1) is 0 Å². The van der Waals surface area contributed by atoms with Crippen LogP contribution in [0.5, 0.6) is 0 Å². The molecule has 0 aliphatic carbocycles. The van der Waals surface area contributed by atoms with Gasteiger partial charge in [-0.25, -0.2) is 4.98 Å². The van der Waals surface area contributed by atoms with Crippen LogP contribution in [0.1, 0.15) is 0 Å². The number of hydrogen-bond acceptors (Lipinski definition) is 2. The highest BCUT2D eigenvalue weighted by Gasteiger charge is 2.12. The van der Waals surface area contributed by atoms with Crippen LogP contribution in [-0.4, -0.2) is 19.1 Å². The highest BCUT2D eigenvalue weighted by Crippen LogP contribution is 2.38. The molecule has 1 aromatic carbocycles. The Kier molecular flexibility index (Phi) is 3.29. The molecule has 0 amide bonds. The zero-order valence-corrected chi connectivity index (χ0v) is 11.9. The van der Waals surface area contributed by atoms with Gasteiger partial charge in [-0.3, -0.25) is 0 Å². The summed E-state index contributed by atoms with van der Waals surface area (Å²) in [4.78, 5) is 6.30. The maximum atomic E-state index is 6.20. The van der Waals surface area contributed by atoms with Crippen LogP contribution in [-0.2, 0) is 0 Å². The summed E-state index contributed by atoms with van der Waals surface area (Å²) in [6.45, 7) is 0. The minimum atomic E-state index is 0.547. The van der Waals surface area contributed by atoms with E-state index in [9.17, 15) is 0 Å². The van der Waals surface area contributed by atoms with Crippen molar-refractivity contribution in [3.05, 3.63) is 32.8 Å². The Balaban J connectivity index is 2.92. The molecule has 16 heavy (non-hydrogen) atoms. The molecule has 0 bridgehead atoms. The summed E-state index contributed by atoms with van der Waals surface area (Å²) in [7, 11) is 3.89. The first-order chi connectivity index (χ1) is 7.52. The number of hydrogen-bond donors (Lipinski definition) is 0. The third-order valence-electron chi connectivity index (χ3n) is 2.30. The van der Waals surface area contributed by atoms with E-state index in [-0.39, 0.29) is 0 Å². The van der Waals surface area contributed by atoms with Crippen molar-refractivity contribution in [3.8, 4) is 0 Å². The van der Waals surface area contributed by atoms with Crippen molar-refractivity contribution in [2.45, 2.75) is 0 Å². The van der Waals surface area contributed by atoms with Gasteiger partial charge in [0.05, 0.1) is 10.0 Å². The molecular weight excluding hydrogens is 311 g/mol. The number of anilines is 1. The average Bonchev–Trinajstić information content (AvgIpc) is 2.23. The maximum Gasteiger partial charge on any atom is 0.136 e. The van der Waals surface area contributed by atoms with Crippen LogP contribution in [0.25, 0.3) is 10.8 Å². The van der Waals surface area contributed by atoms with Gasteiger partial charge in [0.15, 0.2) is 0 Å². The number of halogens is 3. The quantitative estimate of drug-likeness (QED) is 0.776. The SMILES string of the molecule is CN(C)c1ncc(Br)c2c(Cl)c(Cl)ccc12. The van der Waals surface area contributed by atoms with E-state index in [1.165, 1.54) is 0 Å². The van der Waals surface area contributed by atoms with E-state index in [4.69, 9.17) is 23.2 Å². The summed E-state index contributed by atoms with van der Waals surface area (Å²) in [5, 5.41) is 2.98. The Morgan fingerprint density at radius 2 is 1.94 bits per heavy atom. The lowest BCUT2D eigenvalue weighted by atomic mass is 10.1. The number of fused-ring (bicyclic) bond motifs is 1. The van der Waals surface area contributed by atoms with E-state index in [0.717, 1.165) is 21.1 Å². The fraction of sp³-hybridized carbons (Fsp3) is 0.182. The van der Waals surface area contributed by atoms with Crippen LogP contribution in [0, 0.1) is 0 Å². The largest absolute Gasteiger partial charge is 0.362 e. The molecule has 0 unspecified atom stereocenters. The monoisotopic (exact) mass is 318 g/mol. The first-order valence-corrected chi connectivity index (χ1v) is 6.17. The maximum absolute atomic E-state index is 6.20. The van der Waals surface area contributed by atoms with Gasteiger partial charge in [-0.2, -0.15) is 0 Å². The Morgan fingerprint density at radius 1 is 1.25 bits per heavy atom. The number of benzene rings is 1. The molecule has 5 heteroatoms. The minimum Gasteiger partial charge on any atom is -0.362 e. The molecule has 0 aliphatic rings. The Labute approximate surface area is 112 Å². The lowest BCUT2D eigenvalue weighted by Crippen LogP contribution is -2.11. The molecule has 0 saturated heterocycles. The summed E-state index contributed by atoms with van der Waals surface area (Å²) < 4.78 is 0.848. The van der Waals surface area contributed by atoms with Gasteiger partial charge in [-0.1, -0.05) is 23.2 Å². The molecule has 0 radical (unpaired) electrons. The normalized spacial score (nSPS) is 10.8. The highest BCUT2D eigenvalue weighted by atomic mass is 79.9. The second kappa shape index (κ2) is 4.40. The molecule has 2 rings (SSSR count). The molecule has 0 atom stereocenters. The van der Waals surface area contributed by atoms with E-state index in [1.807, 2.05) is 25.1 Å². The van der Waals surface area contributed by atoms with Crippen LogP contribution >= 0.6 is 39.1 Å². The van der Waals surface area contributed by atoms with Gasteiger partial charge in [0.1, 0.15) is 5.82 Å². The molecule has 0 spiro atoms. The van der Waals surface area contributed by atoms with Crippen molar-refractivity contribution < 1.29 is 0 Å². The lowest BCUT2D eigenvalue weighted by Gasteiger charge is -2.15. The highest BCUT2D eigenvalue weighted by molar-refractivity contribution is 9.10. The van der Waals surface area contributed by atoms with Crippen LogP contribution in [0.2, 0.25) is 10.0 Å². The first-order valence-electron chi connectivity index (χ1n) is 4.62. The zero-order valence-electron chi connectivity index (χ0n) is 8.76. The van der Waals surface area contributed by atoms with Gasteiger partial charge in [0.2, 0.25) is 0 Å². The third-order valence-corrected chi connectivity index (χ3v) is 3.70. The van der Waals surface area contributed by atoms with Crippen molar-refractivity contribution in [2.75, 3.05) is 19.0 Å². The summed E-state index contributed by atoms with van der Waals surface area (Å²) in [5.41, 5.74) is 0. The van der Waals surface area contributed by atoms with E-state index >= 15 is 0 Å². The van der Waals surface area contributed by atoms with Crippen LogP contribution in [0.4, 0.5) is 5.82 Å². The van der Waals surface area contributed by atoms with Crippen LogP contribution in [0.15, 0.2) is 22.8 Å². The summed E-state index contributed by atoms with van der Waals surface area (Å²) in [6.07, 6.45) is 1.74. The average molecular weight is 320 g/mol. The third kappa shape index (κ3) is 1.88. The summed E-state index contributed by atoms with van der Waals surface area (Å²) >= 11 is 15.6. The Hall–Kier alpha value is -0.510. The Bertz CT molecular complexity index is 555. The fourth-order valence-corrected chi connectivity index (χ4v) is 2.63. The van der Waals surface area contributed by atoms with Gasteiger partial charge in [-0.05, 0) is 28.1 Å². The summed E-state index contributed by atoms with van der Waals surface area (Å²) in [5.74, 6) is 0.872. The molecule has 2 aromatic rings. The topological polar surface area (TPSA) is 16.1 Å². The van der Waals surface area contributed by atoms with Crippen molar-refractivity contribution in [2.24, 2.45) is 0 Å². The standard InChI is InChI=1S/C11H9BrCl2N2/c1-16(2)11-6-3-4-8(13)10(14)9(6)7(12)5-15-11/h3-5H,1-2H3. The van der Waals surface area contributed by atoms with Crippen LogP contribution < -0.4 is 4.90 Å².